The van der Waals surface area contributed by atoms with Gasteiger partial charge < -0.3 is 9.42 Å². The first-order valence-corrected chi connectivity index (χ1v) is 8.76. The predicted molar refractivity (Wildman–Crippen MR) is 92.6 cm³/mol. The number of carbonyl (C=O) groups excluding carboxylic acids is 1. The molecule has 3 aromatic rings. The van der Waals surface area contributed by atoms with Crippen molar-refractivity contribution < 1.29 is 22.5 Å². The molecule has 1 aliphatic heterocycles. The normalized spacial score (nSPS) is 16.3. The van der Waals surface area contributed by atoms with E-state index in [1.54, 1.807) is 28.9 Å². The van der Waals surface area contributed by atoms with Gasteiger partial charge in [-0.1, -0.05) is 5.16 Å². The van der Waals surface area contributed by atoms with Crippen LogP contribution >= 0.6 is 0 Å². The molecule has 1 atom stereocenters. The van der Waals surface area contributed by atoms with Crippen molar-refractivity contribution in [2.24, 2.45) is 7.05 Å². The van der Waals surface area contributed by atoms with Gasteiger partial charge >= 0.3 is 0 Å². The fourth-order valence-corrected chi connectivity index (χ4v) is 3.56. The Bertz CT molecular complexity index is 1040. The van der Waals surface area contributed by atoms with Crippen molar-refractivity contribution in [3.63, 3.8) is 0 Å². The molecule has 0 aliphatic carbocycles. The molecule has 0 radical (unpaired) electrons. The quantitative estimate of drug-likeness (QED) is 0.645. The molecule has 3 heterocycles. The van der Waals surface area contributed by atoms with Crippen LogP contribution < -0.4 is 0 Å². The highest BCUT2D eigenvalue weighted by atomic mass is 19.2. The number of aryl methyl sites for hydroxylation is 1. The molecule has 146 valence electrons. The molecule has 0 saturated heterocycles. The molecule has 0 N–H and O–H groups in total. The van der Waals surface area contributed by atoms with E-state index in [-0.39, 0.29) is 23.9 Å². The summed E-state index contributed by atoms with van der Waals surface area (Å²) in [6.07, 6.45) is 2.03. The zero-order valence-corrected chi connectivity index (χ0v) is 15.2. The Hall–Kier alpha value is -3.10. The molecular formula is C19H17F3N4O2. The largest absolute Gasteiger partial charge is 0.354 e. The molecule has 2 aromatic heterocycles. The summed E-state index contributed by atoms with van der Waals surface area (Å²) in [5.41, 5.74) is 2.22. The molecule has 0 unspecified atom stereocenters. The van der Waals surface area contributed by atoms with E-state index < -0.39 is 17.5 Å². The Morgan fingerprint density at radius 3 is 2.64 bits per heavy atom. The van der Waals surface area contributed by atoms with Crippen molar-refractivity contribution in [2.45, 2.75) is 25.8 Å². The van der Waals surface area contributed by atoms with Gasteiger partial charge in [-0.3, -0.25) is 9.48 Å². The van der Waals surface area contributed by atoms with E-state index >= 15 is 0 Å². The minimum Gasteiger partial charge on any atom is -0.354 e. The second-order valence-electron chi connectivity index (χ2n) is 6.81. The van der Waals surface area contributed by atoms with Gasteiger partial charge in [0.25, 0.3) is 0 Å². The number of benzene rings is 1. The average Bonchev–Trinajstić information content (AvgIpc) is 3.26. The Morgan fingerprint density at radius 2 is 2.00 bits per heavy atom. The summed E-state index contributed by atoms with van der Waals surface area (Å²) in [7, 11) is 1.78. The number of hydrogen-bond acceptors (Lipinski definition) is 4. The standard InChI is InChI=1S/C19H17F3N4O2/c1-10-17-14(24-28-19(17)15-3-5-25(2)23-15)4-6-26(10)16(27)9-11-7-12(20)18(22)13(21)8-11/h3,5,7-8,10H,4,6,9H2,1-2H3/t10-/m0/s1. The van der Waals surface area contributed by atoms with Crippen LogP contribution in [-0.4, -0.2) is 32.3 Å². The molecule has 1 aliphatic rings. The van der Waals surface area contributed by atoms with Gasteiger partial charge in [0, 0.05) is 31.8 Å². The lowest BCUT2D eigenvalue weighted by molar-refractivity contribution is -0.133. The van der Waals surface area contributed by atoms with E-state index in [2.05, 4.69) is 10.3 Å². The minimum atomic E-state index is -1.54. The lowest BCUT2D eigenvalue weighted by Gasteiger charge is -2.33. The van der Waals surface area contributed by atoms with Crippen LogP contribution in [0.1, 0.15) is 29.8 Å². The number of amides is 1. The molecule has 1 amide bonds. The lowest BCUT2D eigenvalue weighted by atomic mass is 9.96. The highest BCUT2D eigenvalue weighted by molar-refractivity contribution is 5.80. The van der Waals surface area contributed by atoms with Crippen LogP contribution in [0.5, 0.6) is 0 Å². The van der Waals surface area contributed by atoms with E-state index in [0.29, 0.717) is 24.4 Å². The highest BCUT2D eigenvalue weighted by Gasteiger charge is 2.34. The molecule has 1 aromatic carbocycles. The lowest BCUT2D eigenvalue weighted by Crippen LogP contribution is -2.39. The van der Waals surface area contributed by atoms with Gasteiger partial charge in [-0.25, -0.2) is 13.2 Å². The van der Waals surface area contributed by atoms with Crippen LogP contribution in [0.15, 0.2) is 28.9 Å². The van der Waals surface area contributed by atoms with Crippen LogP contribution in [0.3, 0.4) is 0 Å². The van der Waals surface area contributed by atoms with Gasteiger partial charge in [0.15, 0.2) is 23.2 Å². The summed E-state index contributed by atoms with van der Waals surface area (Å²) in [6.45, 7) is 2.23. The second kappa shape index (κ2) is 6.81. The molecule has 4 rings (SSSR count). The number of hydrogen-bond donors (Lipinski definition) is 0. The van der Waals surface area contributed by atoms with Gasteiger partial charge in [-0.05, 0) is 30.7 Å². The first-order valence-electron chi connectivity index (χ1n) is 8.76. The highest BCUT2D eigenvalue weighted by Crippen LogP contribution is 2.37. The van der Waals surface area contributed by atoms with Crippen LogP contribution in [0, 0.1) is 17.5 Å². The molecule has 0 bridgehead atoms. The fourth-order valence-electron chi connectivity index (χ4n) is 3.56. The SMILES string of the molecule is C[C@H]1c2c(noc2-c2ccn(C)n2)CCN1C(=O)Cc1cc(F)c(F)c(F)c1. The molecular weight excluding hydrogens is 373 g/mol. The van der Waals surface area contributed by atoms with Crippen molar-refractivity contribution >= 4 is 5.91 Å². The fraction of sp³-hybridized carbons (Fsp3) is 0.316. The third-order valence-corrected chi connectivity index (χ3v) is 4.94. The van der Waals surface area contributed by atoms with E-state index in [9.17, 15) is 18.0 Å². The maximum atomic E-state index is 13.4. The maximum absolute atomic E-state index is 13.4. The van der Waals surface area contributed by atoms with Gasteiger partial charge in [0.1, 0.15) is 5.69 Å². The van der Waals surface area contributed by atoms with Crippen LogP contribution in [0.4, 0.5) is 13.2 Å². The van der Waals surface area contributed by atoms with Gasteiger partial charge in [-0.15, -0.1) is 0 Å². The summed E-state index contributed by atoms with van der Waals surface area (Å²) in [6, 6.07) is 3.12. The number of carbonyl (C=O) groups is 1. The summed E-state index contributed by atoms with van der Waals surface area (Å²) in [5, 5.41) is 8.42. The third kappa shape index (κ3) is 3.06. The van der Waals surface area contributed by atoms with Crippen molar-refractivity contribution in [3.8, 4) is 11.5 Å². The van der Waals surface area contributed by atoms with Crippen LogP contribution in [0.2, 0.25) is 0 Å². The van der Waals surface area contributed by atoms with Crippen LogP contribution in [-0.2, 0) is 24.7 Å². The number of halogens is 3. The van der Waals surface area contributed by atoms with Crippen LogP contribution in [0.25, 0.3) is 11.5 Å². The monoisotopic (exact) mass is 390 g/mol. The first-order chi connectivity index (χ1) is 13.3. The van der Waals surface area contributed by atoms with Gasteiger partial charge in [0.2, 0.25) is 5.91 Å². The maximum Gasteiger partial charge on any atom is 0.227 e. The molecule has 28 heavy (non-hydrogen) atoms. The van der Waals surface area contributed by atoms with Crippen molar-refractivity contribution in [3.05, 3.63) is 58.7 Å². The molecule has 0 saturated carbocycles. The van der Waals surface area contributed by atoms with Gasteiger partial charge in [0.05, 0.1) is 18.2 Å². The van der Waals surface area contributed by atoms with Crippen molar-refractivity contribution in [2.75, 3.05) is 6.54 Å². The third-order valence-electron chi connectivity index (χ3n) is 4.94. The molecule has 0 fully saturated rings. The summed E-state index contributed by atoms with van der Waals surface area (Å²) in [5.74, 6) is -3.99. The van der Waals surface area contributed by atoms with Crippen molar-refractivity contribution in [1.82, 2.24) is 19.8 Å². The second-order valence-corrected chi connectivity index (χ2v) is 6.81. The summed E-state index contributed by atoms with van der Waals surface area (Å²) in [4.78, 5) is 14.4. The average molecular weight is 390 g/mol. The topological polar surface area (TPSA) is 64.2 Å². The number of nitrogens with zero attached hydrogens (tertiary/aromatic N) is 4. The Kier molecular flexibility index (Phi) is 4.44. The zero-order valence-electron chi connectivity index (χ0n) is 15.2. The minimum absolute atomic E-state index is 0.0784. The van der Waals surface area contributed by atoms with E-state index in [0.717, 1.165) is 23.4 Å². The molecule has 6 nitrogen and oxygen atoms in total. The van der Waals surface area contributed by atoms with Crippen molar-refractivity contribution in [1.29, 1.82) is 0 Å². The number of aromatic nitrogens is 3. The Labute approximate surface area is 158 Å². The zero-order chi connectivity index (χ0) is 20.0. The Balaban J connectivity index is 1.60. The number of fused-ring (bicyclic) bond motifs is 1. The van der Waals surface area contributed by atoms with Gasteiger partial charge in [-0.2, -0.15) is 5.10 Å². The first kappa shape index (κ1) is 18.3. The van der Waals surface area contributed by atoms with E-state index in [1.165, 1.54) is 0 Å². The molecule has 0 spiro atoms. The van der Waals surface area contributed by atoms with E-state index in [1.807, 2.05) is 6.92 Å². The van der Waals surface area contributed by atoms with E-state index in [4.69, 9.17) is 4.52 Å². The molecule has 9 heteroatoms. The summed E-state index contributed by atoms with van der Waals surface area (Å²) < 4.78 is 47.1. The number of rotatable bonds is 3. The Morgan fingerprint density at radius 1 is 1.29 bits per heavy atom. The smallest absolute Gasteiger partial charge is 0.227 e. The predicted octanol–water partition coefficient (Wildman–Crippen LogP) is 3.18. The summed E-state index contributed by atoms with van der Waals surface area (Å²) >= 11 is 0.